The zero-order valence-electron chi connectivity index (χ0n) is 16.6. The van der Waals surface area contributed by atoms with Gasteiger partial charge in [0.05, 0.1) is 18.8 Å². The van der Waals surface area contributed by atoms with Gasteiger partial charge in [0.1, 0.15) is 24.7 Å². The lowest BCUT2D eigenvalue weighted by molar-refractivity contribution is -0.120. The average Bonchev–Trinajstić information content (AvgIpc) is 3.13. The molecule has 0 aliphatic heterocycles. The molecule has 1 N–H and O–H groups in total. The Morgan fingerprint density at radius 1 is 1.21 bits per heavy atom. The summed E-state index contributed by atoms with van der Waals surface area (Å²) in [5.74, 6) is 0.600. The molecule has 3 rings (SSSR count). The lowest BCUT2D eigenvalue weighted by atomic mass is 9.95. The predicted octanol–water partition coefficient (Wildman–Crippen LogP) is 3.73. The van der Waals surface area contributed by atoms with E-state index in [0.29, 0.717) is 44.2 Å². The van der Waals surface area contributed by atoms with Crippen LogP contribution >= 0.6 is 0 Å². The number of nitrogens with zero attached hydrogens (tertiary/aromatic N) is 2. The normalized spacial score (nSPS) is 14.6. The van der Waals surface area contributed by atoms with Gasteiger partial charge in [-0.05, 0) is 25.3 Å². The fourth-order valence-corrected chi connectivity index (χ4v) is 3.15. The largest absolute Gasteiger partial charge is 0.473 e. The lowest BCUT2D eigenvalue weighted by Gasteiger charge is -2.20. The van der Waals surface area contributed by atoms with Gasteiger partial charge < -0.3 is 14.2 Å². The Balaban J connectivity index is 1.63. The molecule has 8 nitrogen and oxygen atoms in total. The summed E-state index contributed by atoms with van der Waals surface area (Å²) in [7, 11) is 0. The predicted molar refractivity (Wildman–Crippen MR) is 107 cm³/mol. The van der Waals surface area contributed by atoms with Gasteiger partial charge in [0.15, 0.2) is 0 Å². The van der Waals surface area contributed by atoms with Crippen LogP contribution in [0.5, 0.6) is 5.88 Å². The van der Waals surface area contributed by atoms with Gasteiger partial charge in [0, 0.05) is 19.4 Å². The summed E-state index contributed by atoms with van der Waals surface area (Å²) < 4.78 is 18.1. The molecule has 1 saturated carbocycles. The van der Waals surface area contributed by atoms with Gasteiger partial charge in [-0.2, -0.15) is 0 Å². The summed E-state index contributed by atoms with van der Waals surface area (Å²) in [6.45, 7) is 3.44. The SMILES string of the molecule is CCOCCOc1nn(C2CCC(=O)CC2)cc1NC(=O)OCc1ccccc1. The Morgan fingerprint density at radius 2 is 1.97 bits per heavy atom. The van der Waals surface area contributed by atoms with E-state index in [2.05, 4.69) is 10.4 Å². The molecule has 0 unspecified atom stereocenters. The van der Waals surface area contributed by atoms with Crippen molar-refractivity contribution in [1.82, 2.24) is 9.78 Å². The first kappa shape index (κ1) is 20.9. The van der Waals surface area contributed by atoms with E-state index in [1.807, 2.05) is 37.3 Å². The molecule has 1 aliphatic rings. The number of carbonyl (C=O) groups excluding carboxylic acids is 2. The highest BCUT2D eigenvalue weighted by molar-refractivity contribution is 5.86. The third-order valence-electron chi connectivity index (χ3n) is 4.71. The van der Waals surface area contributed by atoms with Crippen LogP contribution in [0.3, 0.4) is 0 Å². The van der Waals surface area contributed by atoms with Crippen LogP contribution < -0.4 is 10.1 Å². The number of aromatic nitrogens is 2. The molecular weight excluding hydrogens is 374 g/mol. The Labute approximate surface area is 170 Å². The van der Waals surface area contributed by atoms with Crippen molar-refractivity contribution >= 4 is 17.6 Å². The van der Waals surface area contributed by atoms with Crippen molar-refractivity contribution in [1.29, 1.82) is 0 Å². The van der Waals surface area contributed by atoms with Crippen molar-refractivity contribution in [2.24, 2.45) is 0 Å². The topological polar surface area (TPSA) is 91.7 Å². The summed E-state index contributed by atoms with van der Waals surface area (Å²) in [4.78, 5) is 23.8. The Bertz CT molecular complexity index is 796. The molecule has 0 bridgehead atoms. The number of hydrogen-bond acceptors (Lipinski definition) is 6. The quantitative estimate of drug-likeness (QED) is 0.644. The highest BCUT2D eigenvalue weighted by atomic mass is 16.6. The number of rotatable bonds is 9. The zero-order chi connectivity index (χ0) is 20.5. The number of ketones is 1. The standard InChI is InChI=1S/C21H27N3O5/c1-2-27-12-13-28-20-19(14-24(23-20)17-8-10-18(25)11-9-17)22-21(26)29-15-16-6-4-3-5-7-16/h3-7,14,17H,2,8-13,15H2,1H3,(H,22,26). The second-order valence-corrected chi connectivity index (χ2v) is 6.83. The van der Waals surface area contributed by atoms with E-state index in [4.69, 9.17) is 14.2 Å². The number of carbonyl (C=O) groups is 2. The molecule has 0 saturated heterocycles. The minimum Gasteiger partial charge on any atom is -0.473 e. The van der Waals surface area contributed by atoms with Crippen molar-refractivity contribution in [3.8, 4) is 5.88 Å². The molecule has 156 valence electrons. The van der Waals surface area contributed by atoms with Gasteiger partial charge in [-0.15, -0.1) is 5.10 Å². The summed E-state index contributed by atoms with van der Waals surface area (Å²) in [6.07, 6.45) is 3.72. The number of nitrogens with one attached hydrogen (secondary N) is 1. The number of amides is 1. The van der Waals surface area contributed by atoms with E-state index in [0.717, 1.165) is 18.4 Å². The van der Waals surface area contributed by atoms with Crippen LogP contribution in [0.25, 0.3) is 0 Å². The van der Waals surface area contributed by atoms with Crippen molar-refractivity contribution in [3.63, 3.8) is 0 Å². The molecule has 0 radical (unpaired) electrons. The number of ether oxygens (including phenoxy) is 3. The third kappa shape index (κ3) is 6.32. The van der Waals surface area contributed by atoms with E-state index in [1.54, 1.807) is 10.9 Å². The summed E-state index contributed by atoms with van der Waals surface area (Å²) in [5.41, 5.74) is 1.34. The van der Waals surface area contributed by atoms with Crippen molar-refractivity contribution < 1.29 is 23.8 Å². The second-order valence-electron chi connectivity index (χ2n) is 6.83. The van der Waals surface area contributed by atoms with Gasteiger partial charge in [-0.3, -0.25) is 14.8 Å². The zero-order valence-corrected chi connectivity index (χ0v) is 16.6. The molecule has 8 heteroatoms. The van der Waals surface area contributed by atoms with Gasteiger partial charge in [0.2, 0.25) is 0 Å². The van der Waals surface area contributed by atoms with Crippen LogP contribution in [0.15, 0.2) is 36.5 Å². The first-order valence-corrected chi connectivity index (χ1v) is 9.94. The highest BCUT2D eigenvalue weighted by Crippen LogP contribution is 2.31. The summed E-state index contributed by atoms with van der Waals surface area (Å²) in [5, 5.41) is 7.20. The van der Waals surface area contributed by atoms with Crippen LogP contribution in [0, 0.1) is 0 Å². The third-order valence-corrected chi connectivity index (χ3v) is 4.71. The molecule has 0 spiro atoms. The van der Waals surface area contributed by atoms with E-state index >= 15 is 0 Å². The molecule has 29 heavy (non-hydrogen) atoms. The van der Waals surface area contributed by atoms with Crippen LogP contribution in [0.2, 0.25) is 0 Å². The van der Waals surface area contributed by atoms with E-state index in [1.165, 1.54) is 0 Å². The molecule has 1 aromatic heterocycles. The second kappa shape index (κ2) is 10.6. The fourth-order valence-electron chi connectivity index (χ4n) is 3.15. The first-order chi connectivity index (χ1) is 14.2. The Morgan fingerprint density at radius 3 is 2.69 bits per heavy atom. The van der Waals surface area contributed by atoms with Crippen molar-refractivity contribution in [2.45, 2.75) is 45.3 Å². The molecular formula is C21H27N3O5. The summed E-state index contributed by atoms with van der Waals surface area (Å²) >= 11 is 0. The molecule has 0 atom stereocenters. The minimum absolute atomic E-state index is 0.109. The molecule has 2 aromatic rings. The average molecular weight is 401 g/mol. The monoisotopic (exact) mass is 401 g/mol. The van der Waals surface area contributed by atoms with E-state index < -0.39 is 6.09 Å². The van der Waals surface area contributed by atoms with Crippen LogP contribution in [0.4, 0.5) is 10.5 Å². The Hall–Kier alpha value is -2.87. The number of hydrogen-bond donors (Lipinski definition) is 1. The fraction of sp³-hybridized carbons (Fsp3) is 0.476. The maximum Gasteiger partial charge on any atom is 0.412 e. The van der Waals surface area contributed by atoms with E-state index in [9.17, 15) is 9.59 Å². The number of benzene rings is 1. The minimum atomic E-state index is -0.582. The van der Waals surface area contributed by atoms with Gasteiger partial charge in [-0.1, -0.05) is 30.3 Å². The van der Waals surface area contributed by atoms with Crippen LogP contribution in [-0.2, 0) is 20.9 Å². The maximum atomic E-state index is 12.2. The molecule has 1 amide bonds. The van der Waals surface area contributed by atoms with Gasteiger partial charge >= 0.3 is 6.09 Å². The van der Waals surface area contributed by atoms with Gasteiger partial charge in [-0.25, -0.2) is 4.79 Å². The molecule has 1 aliphatic carbocycles. The van der Waals surface area contributed by atoms with Crippen molar-refractivity contribution in [3.05, 3.63) is 42.1 Å². The maximum absolute atomic E-state index is 12.2. The van der Waals surface area contributed by atoms with Crippen LogP contribution in [-0.4, -0.2) is 41.5 Å². The number of anilines is 1. The molecule has 1 heterocycles. The smallest absolute Gasteiger partial charge is 0.412 e. The highest BCUT2D eigenvalue weighted by Gasteiger charge is 2.23. The molecule has 1 aromatic carbocycles. The van der Waals surface area contributed by atoms with Crippen molar-refractivity contribution in [2.75, 3.05) is 25.1 Å². The molecule has 1 fully saturated rings. The first-order valence-electron chi connectivity index (χ1n) is 9.94. The van der Waals surface area contributed by atoms with Crippen LogP contribution in [0.1, 0.15) is 44.2 Å². The number of Topliss-reactive ketones (excluding diaryl/α,β-unsaturated/α-hetero) is 1. The Kier molecular flexibility index (Phi) is 7.63. The summed E-state index contributed by atoms with van der Waals surface area (Å²) in [6, 6.07) is 9.57. The van der Waals surface area contributed by atoms with E-state index in [-0.39, 0.29) is 18.4 Å². The van der Waals surface area contributed by atoms with Gasteiger partial charge in [0.25, 0.3) is 5.88 Å². The lowest BCUT2D eigenvalue weighted by Crippen LogP contribution is -2.18.